The topological polar surface area (TPSA) is 84.7 Å². The number of hydrogen-bond donors (Lipinski definition) is 1. The number of carbonyl (C=O) groups is 2. The number of rotatable bonds is 11. The average Bonchev–Trinajstić information content (AvgIpc) is 3.41. The predicted molar refractivity (Wildman–Crippen MR) is 146 cm³/mol. The van der Waals surface area contributed by atoms with Crippen LogP contribution in [0.2, 0.25) is 0 Å². The summed E-state index contributed by atoms with van der Waals surface area (Å²) in [7, 11) is 0. The fraction of sp³-hybridized carbons (Fsp3) is 0.259. The van der Waals surface area contributed by atoms with Gasteiger partial charge in [-0.3, -0.25) is 14.5 Å². The maximum atomic E-state index is 13.2. The Kier molecular flexibility index (Phi) is 8.56. The van der Waals surface area contributed by atoms with E-state index in [1.165, 1.54) is 11.8 Å². The Hall–Kier alpha value is -3.43. The molecule has 0 unspecified atom stereocenters. The Morgan fingerprint density at radius 2 is 1.94 bits per heavy atom. The second-order valence-corrected chi connectivity index (χ2v) is 9.89. The lowest BCUT2D eigenvalue weighted by atomic mass is 10.1. The molecule has 2 heterocycles. The van der Waals surface area contributed by atoms with E-state index < -0.39 is 5.97 Å². The van der Waals surface area contributed by atoms with Gasteiger partial charge in [0.05, 0.1) is 17.2 Å². The summed E-state index contributed by atoms with van der Waals surface area (Å²) < 4.78 is 8.00. The molecule has 9 heteroatoms. The fourth-order valence-electron chi connectivity index (χ4n) is 3.89. The van der Waals surface area contributed by atoms with Gasteiger partial charge in [0.15, 0.2) is 0 Å². The van der Waals surface area contributed by atoms with Crippen molar-refractivity contribution in [2.45, 2.75) is 32.6 Å². The lowest BCUT2D eigenvalue weighted by Gasteiger charge is -2.13. The zero-order valence-corrected chi connectivity index (χ0v) is 21.6. The third kappa shape index (κ3) is 6.22. The molecule has 0 bridgehead atoms. The molecule has 0 saturated carbocycles. The van der Waals surface area contributed by atoms with E-state index in [-0.39, 0.29) is 12.3 Å². The summed E-state index contributed by atoms with van der Waals surface area (Å²) in [6.07, 6.45) is 5.91. The maximum absolute atomic E-state index is 13.2. The van der Waals surface area contributed by atoms with Crippen LogP contribution in [0.4, 0.5) is 0 Å². The van der Waals surface area contributed by atoms with Gasteiger partial charge in [0.25, 0.3) is 5.91 Å². The first-order valence-electron chi connectivity index (χ1n) is 11.8. The maximum Gasteiger partial charge on any atom is 0.303 e. The number of benzene rings is 2. The number of carboxylic acid groups (broad SMARTS) is 1. The van der Waals surface area contributed by atoms with Gasteiger partial charge in [-0.25, -0.2) is 4.68 Å². The molecule has 1 aromatic heterocycles. The number of unbranched alkanes of at least 4 members (excludes halogenated alkanes) is 2. The molecule has 36 heavy (non-hydrogen) atoms. The summed E-state index contributed by atoms with van der Waals surface area (Å²) in [6, 6.07) is 17.6. The summed E-state index contributed by atoms with van der Waals surface area (Å²) >= 11 is 6.76. The molecule has 0 aliphatic carbocycles. The second-order valence-electron chi connectivity index (χ2n) is 8.21. The van der Waals surface area contributed by atoms with Crippen molar-refractivity contribution in [3.63, 3.8) is 0 Å². The number of ether oxygens (including phenoxy) is 1. The highest BCUT2D eigenvalue weighted by molar-refractivity contribution is 8.26. The number of carbonyl (C=O) groups excluding carboxylic acids is 1. The van der Waals surface area contributed by atoms with E-state index in [0.29, 0.717) is 35.2 Å². The summed E-state index contributed by atoms with van der Waals surface area (Å²) in [6.45, 7) is 2.98. The van der Waals surface area contributed by atoms with Crippen LogP contribution >= 0.6 is 24.0 Å². The number of hydrogen-bond acceptors (Lipinski definition) is 6. The molecule has 7 nitrogen and oxygen atoms in total. The highest BCUT2D eigenvalue weighted by atomic mass is 32.2. The normalized spacial score (nSPS) is 14.6. The molecule has 1 saturated heterocycles. The first kappa shape index (κ1) is 25.7. The Morgan fingerprint density at radius 3 is 2.69 bits per heavy atom. The highest BCUT2D eigenvalue weighted by Crippen LogP contribution is 2.35. The van der Waals surface area contributed by atoms with Gasteiger partial charge in [-0.05, 0) is 50.1 Å². The molecule has 0 radical (unpaired) electrons. The predicted octanol–water partition coefficient (Wildman–Crippen LogP) is 5.78. The van der Waals surface area contributed by atoms with E-state index in [9.17, 15) is 9.59 Å². The van der Waals surface area contributed by atoms with Crippen molar-refractivity contribution in [2.24, 2.45) is 0 Å². The minimum absolute atomic E-state index is 0.135. The van der Waals surface area contributed by atoms with Crippen molar-refractivity contribution in [1.82, 2.24) is 14.7 Å². The zero-order valence-electron chi connectivity index (χ0n) is 19.9. The van der Waals surface area contributed by atoms with Gasteiger partial charge < -0.3 is 9.84 Å². The number of nitrogens with zero attached hydrogens (tertiary/aromatic N) is 3. The lowest BCUT2D eigenvalue weighted by Crippen LogP contribution is -2.29. The molecule has 186 valence electrons. The third-order valence-electron chi connectivity index (χ3n) is 5.61. The summed E-state index contributed by atoms with van der Waals surface area (Å²) in [5.74, 6) is -0.184. The van der Waals surface area contributed by atoms with Crippen LogP contribution in [0.15, 0.2) is 65.7 Å². The first-order chi connectivity index (χ1) is 17.5. The van der Waals surface area contributed by atoms with Crippen molar-refractivity contribution in [3.8, 4) is 22.7 Å². The van der Waals surface area contributed by atoms with Crippen molar-refractivity contribution >= 4 is 46.3 Å². The van der Waals surface area contributed by atoms with Crippen LogP contribution in [0.5, 0.6) is 5.75 Å². The van der Waals surface area contributed by atoms with Crippen LogP contribution in [0.25, 0.3) is 23.0 Å². The number of amides is 1. The van der Waals surface area contributed by atoms with Crippen LogP contribution in [-0.2, 0) is 9.59 Å². The van der Waals surface area contributed by atoms with Gasteiger partial charge >= 0.3 is 5.97 Å². The van der Waals surface area contributed by atoms with Crippen molar-refractivity contribution in [2.75, 3.05) is 13.2 Å². The van der Waals surface area contributed by atoms with E-state index in [1.807, 2.05) is 73.8 Å². The average molecular weight is 522 g/mol. The quantitative estimate of drug-likeness (QED) is 0.194. The molecule has 1 amide bonds. The number of thiocarbonyl (C=S) groups is 1. The summed E-state index contributed by atoms with van der Waals surface area (Å²) in [4.78, 5) is 26.0. The van der Waals surface area contributed by atoms with E-state index in [0.717, 1.165) is 34.7 Å². The minimum Gasteiger partial charge on any atom is -0.494 e. The van der Waals surface area contributed by atoms with Gasteiger partial charge in [-0.2, -0.15) is 5.10 Å². The molecule has 1 aliphatic heterocycles. The Labute approximate surface area is 219 Å². The second kappa shape index (κ2) is 12.0. The number of aromatic nitrogens is 2. The summed E-state index contributed by atoms with van der Waals surface area (Å²) in [5.41, 5.74) is 3.33. The number of para-hydroxylation sites is 1. The van der Waals surface area contributed by atoms with Crippen LogP contribution in [0, 0.1) is 0 Å². The fourth-order valence-corrected chi connectivity index (χ4v) is 5.19. The lowest BCUT2D eigenvalue weighted by molar-refractivity contribution is -0.137. The smallest absolute Gasteiger partial charge is 0.303 e. The number of thioether (sulfide) groups is 1. The number of aliphatic carboxylic acids is 1. The molecule has 4 rings (SSSR count). The third-order valence-corrected chi connectivity index (χ3v) is 6.99. The molecule has 1 N–H and O–H groups in total. The largest absolute Gasteiger partial charge is 0.494 e. The molecule has 0 atom stereocenters. The standard InChI is InChI=1S/C27H27N3O4S2/c1-2-34-22-13-9-10-19(16-22)25-20(18-30(28-25)21-11-5-3-6-12-21)17-23-26(33)29(27(35)36-23)15-8-4-7-14-24(31)32/h3,5-6,9-13,16-18H,2,4,7-8,14-15H2,1H3,(H,31,32)/b23-17-. The van der Waals surface area contributed by atoms with Crippen molar-refractivity contribution < 1.29 is 19.4 Å². The van der Waals surface area contributed by atoms with E-state index in [2.05, 4.69) is 0 Å². The molecule has 2 aromatic carbocycles. The van der Waals surface area contributed by atoms with Crippen molar-refractivity contribution in [1.29, 1.82) is 0 Å². The van der Waals surface area contributed by atoms with E-state index in [4.69, 9.17) is 27.2 Å². The Morgan fingerprint density at radius 1 is 1.14 bits per heavy atom. The molecule has 1 aliphatic rings. The van der Waals surface area contributed by atoms with Crippen LogP contribution in [-0.4, -0.2) is 49.1 Å². The SMILES string of the molecule is CCOc1cccc(-c2nn(-c3ccccc3)cc2/C=C2\SC(=S)N(CCCCCC(=O)O)C2=O)c1. The van der Waals surface area contributed by atoms with Gasteiger partial charge in [0.2, 0.25) is 0 Å². The molecule has 3 aromatic rings. The molecular formula is C27H27N3O4S2. The van der Waals surface area contributed by atoms with Gasteiger partial charge in [0.1, 0.15) is 15.8 Å². The first-order valence-corrected chi connectivity index (χ1v) is 13.0. The Balaban J connectivity index is 1.61. The number of carboxylic acids is 1. The summed E-state index contributed by atoms with van der Waals surface area (Å²) in [5, 5.41) is 13.6. The van der Waals surface area contributed by atoms with E-state index in [1.54, 1.807) is 9.58 Å². The molecular weight excluding hydrogens is 494 g/mol. The molecule has 1 fully saturated rings. The van der Waals surface area contributed by atoms with E-state index >= 15 is 0 Å². The monoisotopic (exact) mass is 521 g/mol. The van der Waals surface area contributed by atoms with Gasteiger partial charge in [-0.1, -0.05) is 60.7 Å². The van der Waals surface area contributed by atoms with Crippen molar-refractivity contribution in [3.05, 3.63) is 71.3 Å². The zero-order chi connectivity index (χ0) is 25.5. The van der Waals surface area contributed by atoms with Crippen LogP contribution < -0.4 is 4.74 Å². The van der Waals surface area contributed by atoms with Gasteiger partial charge in [-0.15, -0.1) is 0 Å². The Bertz CT molecular complexity index is 1290. The molecule has 0 spiro atoms. The van der Waals surface area contributed by atoms with Gasteiger partial charge in [0, 0.05) is 30.3 Å². The van der Waals surface area contributed by atoms with Crippen LogP contribution in [0.3, 0.4) is 0 Å². The van der Waals surface area contributed by atoms with Crippen LogP contribution in [0.1, 0.15) is 38.2 Å². The minimum atomic E-state index is -0.804. The highest BCUT2D eigenvalue weighted by Gasteiger charge is 2.32.